The molecule has 0 heterocycles. The first-order chi connectivity index (χ1) is 8.72. The van der Waals surface area contributed by atoms with E-state index < -0.39 is 0 Å². The zero-order valence-electron chi connectivity index (χ0n) is 10.1. The molecule has 5 nitrogen and oxygen atoms in total. The van der Waals surface area contributed by atoms with Crippen LogP contribution in [0.3, 0.4) is 0 Å². The van der Waals surface area contributed by atoms with Gasteiger partial charge >= 0.3 is 0 Å². The van der Waals surface area contributed by atoms with Gasteiger partial charge in [-0.1, -0.05) is 12.1 Å². The second-order valence-electron chi connectivity index (χ2n) is 3.58. The number of ether oxygens (including phenoxy) is 1. The van der Waals surface area contributed by atoms with Gasteiger partial charge in [0.25, 0.3) is 0 Å². The Hall–Kier alpha value is -2.37. The molecule has 0 fully saturated rings. The molecule has 0 saturated heterocycles. The lowest BCUT2D eigenvalue weighted by atomic mass is 10.1. The Kier molecular flexibility index (Phi) is 5.37. The fourth-order valence-corrected chi connectivity index (χ4v) is 1.53. The van der Waals surface area contributed by atoms with Gasteiger partial charge in [-0.05, 0) is 12.1 Å². The summed E-state index contributed by atoms with van der Waals surface area (Å²) < 4.78 is 5.10. The zero-order chi connectivity index (χ0) is 13.4. The third kappa shape index (κ3) is 3.58. The van der Waals surface area contributed by atoms with Gasteiger partial charge < -0.3 is 4.74 Å². The van der Waals surface area contributed by atoms with Crippen molar-refractivity contribution in [2.75, 3.05) is 26.7 Å². The average Bonchev–Trinajstić information content (AvgIpc) is 2.39. The summed E-state index contributed by atoms with van der Waals surface area (Å²) in [5.74, 6) is 0.328. The Morgan fingerprint density at radius 1 is 1.28 bits per heavy atom. The van der Waals surface area contributed by atoms with Crippen molar-refractivity contribution in [2.45, 2.75) is 0 Å². The summed E-state index contributed by atoms with van der Waals surface area (Å²) in [6, 6.07) is 10.7. The summed E-state index contributed by atoms with van der Waals surface area (Å²) in [5, 5.41) is 17.2. The van der Waals surface area contributed by atoms with Crippen molar-refractivity contribution >= 4 is 5.78 Å². The SMILES string of the molecule is COc1ccccc1C(=O)CN(CC#N)CC#N. The summed E-state index contributed by atoms with van der Waals surface area (Å²) >= 11 is 0. The number of nitriles is 2. The standard InChI is InChI=1S/C13H13N3O2/c1-18-13-5-3-2-4-11(13)12(17)10-16(8-6-14)9-7-15/h2-5H,8-10H2,1H3. The van der Waals surface area contributed by atoms with E-state index >= 15 is 0 Å². The van der Waals surface area contributed by atoms with E-state index in [0.717, 1.165) is 0 Å². The maximum atomic E-state index is 12.0. The second kappa shape index (κ2) is 7.05. The van der Waals surface area contributed by atoms with Crippen molar-refractivity contribution in [1.82, 2.24) is 4.90 Å². The molecular weight excluding hydrogens is 230 g/mol. The minimum absolute atomic E-state index is 0.0293. The number of hydrogen-bond donors (Lipinski definition) is 0. The van der Waals surface area contributed by atoms with Crippen molar-refractivity contribution in [3.8, 4) is 17.9 Å². The number of para-hydroxylation sites is 1. The van der Waals surface area contributed by atoms with E-state index in [1.165, 1.54) is 12.0 Å². The summed E-state index contributed by atoms with van der Waals surface area (Å²) in [7, 11) is 1.49. The van der Waals surface area contributed by atoms with Gasteiger partial charge in [0, 0.05) is 0 Å². The molecule has 1 aromatic rings. The maximum Gasteiger partial charge on any atom is 0.180 e. The van der Waals surface area contributed by atoms with Crippen molar-refractivity contribution < 1.29 is 9.53 Å². The predicted octanol–water partition coefficient (Wildman–Crippen LogP) is 1.23. The van der Waals surface area contributed by atoms with Crippen LogP contribution in [0.1, 0.15) is 10.4 Å². The van der Waals surface area contributed by atoms with E-state index in [1.54, 1.807) is 24.3 Å². The van der Waals surface area contributed by atoms with Crippen LogP contribution in [-0.2, 0) is 0 Å². The molecule has 0 amide bonds. The molecule has 0 aromatic heterocycles. The van der Waals surface area contributed by atoms with Crippen LogP contribution in [0, 0.1) is 22.7 Å². The van der Waals surface area contributed by atoms with Gasteiger partial charge in [0.2, 0.25) is 0 Å². The van der Waals surface area contributed by atoms with Crippen LogP contribution in [0.2, 0.25) is 0 Å². The topological polar surface area (TPSA) is 77.1 Å². The van der Waals surface area contributed by atoms with Crippen molar-refractivity contribution in [2.24, 2.45) is 0 Å². The van der Waals surface area contributed by atoms with E-state index in [4.69, 9.17) is 15.3 Å². The molecule has 0 bridgehead atoms. The van der Waals surface area contributed by atoms with Gasteiger partial charge in [-0.15, -0.1) is 0 Å². The number of benzene rings is 1. The number of nitrogens with zero attached hydrogens (tertiary/aromatic N) is 3. The molecule has 0 N–H and O–H groups in total. The highest BCUT2D eigenvalue weighted by molar-refractivity contribution is 6.00. The highest BCUT2D eigenvalue weighted by Gasteiger charge is 2.15. The molecule has 0 aliphatic heterocycles. The summed E-state index contributed by atoms with van der Waals surface area (Å²) in [4.78, 5) is 13.5. The molecule has 0 unspecified atom stereocenters. The number of methoxy groups -OCH3 is 1. The first-order valence-corrected chi connectivity index (χ1v) is 5.35. The molecule has 92 valence electrons. The van der Waals surface area contributed by atoms with Gasteiger partial charge in [-0.2, -0.15) is 10.5 Å². The van der Waals surface area contributed by atoms with Crippen LogP contribution in [0.4, 0.5) is 0 Å². The maximum absolute atomic E-state index is 12.0. The van der Waals surface area contributed by atoms with Gasteiger partial charge in [-0.25, -0.2) is 0 Å². The largest absolute Gasteiger partial charge is 0.496 e. The third-order valence-corrected chi connectivity index (χ3v) is 2.36. The summed E-state index contributed by atoms with van der Waals surface area (Å²) in [6.45, 7) is 0.129. The Balaban J connectivity index is 2.81. The van der Waals surface area contributed by atoms with E-state index in [9.17, 15) is 4.79 Å². The van der Waals surface area contributed by atoms with Crippen LogP contribution in [-0.4, -0.2) is 37.4 Å². The summed E-state index contributed by atoms with van der Waals surface area (Å²) in [5.41, 5.74) is 0.459. The third-order valence-electron chi connectivity index (χ3n) is 2.36. The zero-order valence-corrected chi connectivity index (χ0v) is 10.1. The van der Waals surface area contributed by atoms with Gasteiger partial charge in [0.1, 0.15) is 5.75 Å². The number of carbonyl (C=O) groups excluding carboxylic acids is 1. The van der Waals surface area contributed by atoms with Crippen LogP contribution in [0.25, 0.3) is 0 Å². The first kappa shape index (κ1) is 13.7. The highest BCUT2D eigenvalue weighted by atomic mass is 16.5. The lowest BCUT2D eigenvalue weighted by Crippen LogP contribution is -2.30. The fraction of sp³-hybridized carbons (Fsp3) is 0.308. The Morgan fingerprint density at radius 3 is 2.44 bits per heavy atom. The van der Waals surface area contributed by atoms with Crippen LogP contribution in [0.15, 0.2) is 24.3 Å². The Bertz CT molecular complexity index is 484. The molecule has 0 atom stereocenters. The van der Waals surface area contributed by atoms with Crippen LogP contribution >= 0.6 is 0 Å². The first-order valence-electron chi connectivity index (χ1n) is 5.35. The smallest absolute Gasteiger partial charge is 0.180 e. The number of hydrogen-bond acceptors (Lipinski definition) is 5. The van der Waals surface area contributed by atoms with E-state index in [-0.39, 0.29) is 25.4 Å². The van der Waals surface area contributed by atoms with Crippen molar-refractivity contribution in [3.63, 3.8) is 0 Å². The fourth-order valence-electron chi connectivity index (χ4n) is 1.53. The molecule has 0 aliphatic carbocycles. The Labute approximate surface area is 106 Å². The minimum Gasteiger partial charge on any atom is -0.496 e. The molecule has 0 spiro atoms. The molecule has 5 heteroatoms. The van der Waals surface area contributed by atoms with Crippen molar-refractivity contribution in [3.05, 3.63) is 29.8 Å². The number of ketones is 1. The summed E-state index contributed by atoms with van der Waals surface area (Å²) in [6.07, 6.45) is 0. The molecule has 1 rings (SSSR count). The number of carbonyl (C=O) groups is 1. The minimum atomic E-state index is -0.169. The molecule has 0 saturated carbocycles. The molecule has 1 aromatic carbocycles. The van der Waals surface area contributed by atoms with E-state index in [2.05, 4.69) is 0 Å². The molecule has 0 aliphatic rings. The average molecular weight is 243 g/mol. The van der Waals surface area contributed by atoms with Gasteiger partial charge in [-0.3, -0.25) is 9.69 Å². The quantitative estimate of drug-likeness (QED) is 0.554. The monoisotopic (exact) mass is 243 g/mol. The predicted molar refractivity (Wildman–Crippen MR) is 65.0 cm³/mol. The molecular formula is C13H13N3O2. The van der Waals surface area contributed by atoms with Crippen LogP contribution in [0.5, 0.6) is 5.75 Å². The van der Waals surface area contributed by atoms with Gasteiger partial charge in [0.05, 0.1) is 44.4 Å². The lowest BCUT2D eigenvalue weighted by Gasteiger charge is -2.15. The molecule has 0 radical (unpaired) electrons. The van der Waals surface area contributed by atoms with E-state index in [0.29, 0.717) is 11.3 Å². The van der Waals surface area contributed by atoms with E-state index in [1.807, 2.05) is 12.1 Å². The lowest BCUT2D eigenvalue weighted by molar-refractivity contribution is 0.0943. The number of rotatable bonds is 6. The van der Waals surface area contributed by atoms with Crippen LogP contribution < -0.4 is 4.74 Å². The molecule has 18 heavy (non-hydrogen) atoms. The van der Waals surface area contributed by atoms with Gasteiger partial charge in [0.15, 0.2) is 5.78 Å². The second-order valence-corrected chi connectivity index (χ2v) is 3.58. The van der Waals surface area contributed by atoms with Crippen molar-refractivity contribution in [1.29, 1.82) is 10.5 Å². The normalized spacial score (nSPS) is 9.56. The highest BCUT2D eigenvalue weighted by Crippen LogP contribution is 2.18. The Morgan fingerprint density at radius 2 is 1.89 bits per heavy atom. The number of Topliss-reactive ketones (excluding diaryl/α,β-unsaturated/α-hetero) is 1.